The molecule has 2 heteroatoms. The third kappa shape index (κ3) is 1.63. The summed E-state index contributed by atoms with van der Waals surface area (Å²) in [5.41, 5.74) is 1.97. The van der Waals surface area contributed by atoms with Gasteiger partial charge in [0, 0.05) is 6.21 Å². The van der Waals surface area contributed by atoms with Gasteiger partial charge >= 0.3 is 0 Å². The number of carbonyl (C=O) groups is 1. The lowest BCUT2D eigenvalue weighted by atomic mass is 9.82. The standard InChI is InChI=1S/C10H15NO/c1-7-8(10(2,3)4)5-11-6-9(7)12/h5H,6H2,1-4H3. The Morgan fingerprint density at radius 3 is 2.42 bits per heavy atom. The molecular weight excluding hydrogens is 150 g/mol. The molecule has 0 amide bonds. The van der Waals surface area contributed by atoms with E-state index in [1.165, 1.54) is 0 Å². The molecule has 1 rings (SSSR count). The van der Waals surface area contributed by atoms with Gasteiger partial charge in [-0.1, -0.05) is 20.8 Å². The molecule has 0 N–H and O–H groups in total. The number of nitrogens with zero attached hydrogens (tertiary/aromatic N) is 1. The van der Waals surface area contributed by atoms with Crippen molar-refractivity contribution in [1.82, 2.24) is 0 Å². The highest BCUT2D eigenvalue weighted by Gasteiger charge is 2.23. The lowest BCUT2D eigenvalue weighted by Gasteiger charge is -2.23. The van der Waals surface area contributed by atoms with Gasteiger partial charge in [0.25, 0.3) is 0 Å². The van der Waals surface area contributed by atoms with Gasteiger partial charge in [-0.15, -0.1) is 0 Å². The molecule has 0 aromatic carbocycles. The van der Waals surface area contributed by atoms with Crippen LogP contribution in [0.5, 0.6) is 0 Å². The molecular formula is C10H15NO. The Morgan fingerprint density at radius 2 is 2.00 bits per heavy atom. The normalized spacial score (nSPS) is 18.8. The molecule has 66 valence electrons. The zero-order valence-corrected chi connectivity index (χ0v) is 8.14. The third-order valence-electron chi connectivity index (χ3n) is 2.09. The van der Waals surface area contributed by atoms with Crippen molar-refractivity contribution in [3.05, 3.63) is 11.1 Å². The third-order valence-corrected chi connectivity index (χ3v) is 2.09. The van der Waals surface area contributed by atoms with Crippen LogP contribution in [0.4, 0.5) is 0 Å². The summed E-state index contributed by atoms with van der Waals surface area (Å²) < 4.78 is 0. The second-order valence-electron chi connectivity index (χ2n) is 4.18. The molecule has 1 aliphatic heterocycles. The van der Waals surface area contributed by atoms with Crippen LogP contribution >= 0.6 is 0 Å². The van der Waals surface area contributed by atoms with E-state index < -0.39 is 0 Å². The van der Waals surface area contributed by atoms with Gasteiger partial charge < -0.3 is 0 Å². The minimum Gasteiger partial charge on any atom is -0.292 e. The quantitative estimate of drug-likeness (QED) is 0.540. The summed E-state index contributed by atoms with van der Waals surface area (Å²) in [5.74, 6) is 0.155. The maximum absolute atomic E-state index is 11.3. The van der Waals surface area contributed by atoms with E-state index in [0.717, 1.165) is 11.1 Å². The number of aliphatic imine (C=N–C) groups is 1. The average molecular weight is 165 g/mol. The topological polar surface area (TPSA) is 29.4 Å². The van der Waals surface area contributed by atoms with E-state index in [0.29, 0.717) is 6.54 Å². The number of hydrogen-bond acceptors (Lipinski definition) is 2. The zero-order chi connectivity index (χ0) is 9.35. The molecule has 0 saturated carbocycles. The smallest absolute Gasteiger partial charge is 0.180 e. The first-order valence-electron chi connectivity index (χ1n) is 4.17. The van der Waals surface area contributed by atoms with Crippen molar-refractivity contribution in [3.63, 3.8) is 0 Å². The van der Waals surface area contributed by atoms with Crippen LogP contribution < -0.4 is 0 Å². The number of hydrogen-bond donors (Lipinski definition) is 0. The van der Waals surface area contributed by atoms with Crippen molar-refractivity contribution in [3.8, 4) is 0 Å². The fourth-order valence-corrected chi connectivity index (χ4v) is 1.34. The molecule has 0 bridgehead atoms. The van der Waals surface area contributed by atoms with Crippen molar-refractivity contribution in [2.24, 2.45) is 10.4 Å². The van der Waals surface area contributed by atoms with Gasteiger partial charge in [0.15, 0.2) is 5.78 Å². The predicted molar refractivity (Wildman–Crippen MR) is 50.5 cm³/mol. The molecule has 0 spiro atoms. The minimum absolute atomic E-state index is 0.0314. The fraction of sp³-hybridized carbons (Fsp3) is 0.600. The van der Waals surface area contributed by atoms with Crippen LogP contribution in [0, 0.1) is 5.41 Å². The molecule has 1 aliphatic rings. The van der Waals surface area contributed by atoms with Crippen LogP contribution in [0.25, 0.3) is 0 Å². The van der Waals surface area contributed by atoms with Gasteiger partial charge in [0.2, 0.25) is 0 Å². The van der Waals surface area contributed by atoms with Gasteiger partial charge in [-0.05, 0) is 23.5 Å². The Kier molecular flexibility index (Phi) is 2.18. The van der Waals surface area contributed by atoms with Crippen molar-refractivity contribution in [2.75, 3.05) is 6.54 Å². The van der Waals surface area contributed by atoms with Crippen molar-refractivity contribution >= 4 is 12.0 Å². The molecule has 0 aromatic heterocycles. The SMILES string of the molecule is CC1=C(C(C)(C)C)C=NCC1=O. The van der Waals surface area contributed by atoms with E-state index >= 15 is 0 Å². The summed E-state index contributed by atoms with van der Waals surface area (Å²) in [6.07, 6.45) is 1.83. The Labute approximate surface area is 73.4 Å². The summed E-state index contributed by atoms with van der Waals surface area (Å²) in [6, 6.07) is 0. The number of carbonyl (C=O) groups excluding carboxylic acids is 1. The summed E-state index contributed by atoms with van der Waals surface area (Å²) in [5, 5.41) is 0. The van der Waals surface area contributed by atoms with E-state index in [1.54, 1.807) is 0 Å². The second-order valence-corrected chi connectivity index (χ2v) is 4.18. The Bertz CT molecular complexity index is 266. The highest BCUT2D eigenvalue weighted by atomic mass is 16.1. The van der Waals surface area contributed by atoms with Gasteiger partial charge in [0.1, 0.15) is 6.54 Å². The van der Waals surface area contributed by atoms with Gasteiger partial charge in [-0.25, -0.2) is 0 Å². The van der Waals surface area contributed by atoms with E-state index in [4.69, 9.17) is 0 Å². The Balaban J connectivity index is 3.10. The zero-order valence-electron chi connectivity index (χ0n) is 8.14. The van der Waals surface area contributed by atoms with Crippen LogP contribution in [0.2, 0.25) is 0 Å². The van der Waals surface area contributed by atoms with Crippen LogP contribution in [-0.4, -0.2) is 18.5 Å². The molecule has 0 saturated heterocycles. The van der Waals surface area contributed by atoms with Crippen LogP contribution in [0.15, 0.2) is 16.1 Å². The van der Waals surface area contributed by atoms with Crippen molar-refractivity contribution in [2.45, 2.75) is 27.7 Å². The Hall–Kier alpha value is -0.920. The number of dihydropyridines is 1. The summed E-state index contributed by atoms with van der Waals surface area (Å²) in [6.45, 7) is 8.49. The lowest BCUT2D eigenvalue weighted by Crippen LogP contribution is -2.21. The van der Waals surface area contributed by atoms with E-state index in [1.807, 2.05) is 13.1 Å². The predicted octanol–water partition coefficient (Wildman–Crippen LogP) is 2.00. The van der Waals surface area contributed by atoms with Crippen molar-refractivity contribution in [1.29, 1.82) is 0 Å². The number of ketones is 1. The monoisotopic (exact) mass is 165 g/mol. The van der Waals surface area contributed by atoms with Crippen molar-refractivity contribution < 1.29 is 4.79 Å². The van der Waals surface area contributed by atoms with E-state index in [9.17, 15) is 4.79 Å². The van der Waals surface area contributed by atoms with Crippen LogP contribution in [0.1, 0.15) is 27.7 Å². The molecule has 0 aromatic rings. The van der Waals surface area contributed by atoms with Crippen LogP contribution in [-0.2, 0) is 4.79 Å². The molecule has 0 unspecified atom stereocenters. The van der Waals surface area contributed by atoms with Gasteiger partial charge in [0.05, 0.1) is 0 Å². The molecule has 12 heavy (non-hydrogen) atoms. The maximum Gasteiger partial charge on any atom is 0.180 e. The highest BCUT2D eigenvalue weighted by Crippen LogP contribution is 2.28. The number of allylic oxidation sites excluding steroid dienone is 1. The van der Waals surface area contributed by atoms with Gasteiger partial charge in [-0.3, -0.25) is 9.79 Å². The first-order valence-corrected chi connectivity index (χ1v) is 4.17. The average Bonchev–Trinajstić information content (AvgIpc) is 1.92. The highest BCUT2D eigenvalue weighted by molar-refractivity contribution is 6.05. The molecule has 0 aliphatic carbocycles. The molecule has 0 radical (unpaired) electrons. The fourth-order valence-electron chi connectivity index (χ4n) is 1.34. The second kappa shape index (κ2) is 2.85. The number of rotatable bonds is 0. The molecule has 0 fully saturated rings. The summed E-state index contributed by atoms with van der Waals surface area (Å²) >= 11 is 0. The maximum atomic E-state index is 11.3. The molecule has 2 nitrogen and oxygen atoms in total. The lowest BCUT2D eigenvalue weighted by molar-refractivity contribution is -0.114. The largest absolute Gasteiger partial charge is 0.292 e. The van der Waals surface area contributed by atoms with E-state index in [2.05, 4.69) is 25.8 Å². The number of Topliss-reactive ketones (excluding diaryl/α,β-unsaturated/α-hetero) is 1. The van der Waals surface area contributed by atoms with Gasteiger partial charge in [-0.2, -0.15) is 0 Å². The first kappa shape index (κ1) is 9.17. The Morgan fingerprint density at radius 1 is 1.42 bits per heavy atom. The first-order chi connectivity index (χ1) is 5.43. The van der Waals surface area contributed by atoms with E-state index in [-0.39, 0.29) is 11.2 Å². The summed E-state index contributed by atoms with van der Waals surface area (Å²) in [4.78, 5) is 15.3. The summed E-state index contributed by atoms with van der Waals surface area (Å²) in [7, 11) is 0. The van der Waals surface area contributed by atoms with Crippen LogP contribution in [0.3, 0.4) is 0 Å². The molecule has 0 atom stereocenters. The minimum atomic E-state index is 0.0314. The molecule has 1 heterocycles.